The molecule has 0 saturated heterocycles. The zero-order valence-electron chi connectivity index (χ0n) is 16.8. The highest BCUT2D eigenvalue weighted by Crippen LogP contribution is 2.41. The maximum absolute atomic E-state index is 13.1. The number of carbonyl (C=O) groups is 1. The van der Waals surface area contributed by atoms with Gasteiger partial charge in [-0.25, -0.2) is 9.67 Å². The SMILES string of the molecule is Cc1c(Cl)cccc1-n1nc(C)c2c(C(=O)NCc3ccco3)cc(C3CC3)nc21. The Bertz CT molecular complexity index is 1260. The number of pyridine rings is 1. The van der Waals surface area contributed by atoms with Crippen LogP contribution < -0.4 is 5.32 Å². The van der Waals surface area contributed by atoms with Gasteiger partial charge in [0.2, 0.25) is 0 Å². The summed E-state index contributed by atoms with van der Waals surface area (Å²) < 4.78 is 7.14. The van der Waals surface area contributed by atoms with E-state index in [2.05, 4.69) is 5.32 Å². The number of hydrogen-bond donors (Lipinski definition) is 1. The van der Waals surface area contributed by atoms with E-state index in [-0.39, 0.29) is 5.91 Å². The summed E-state index contributed by atoms with van der Waals surface area (Å²) in [6.07, 6.45) is 3.78. The number of halogens is 1. The molecule has 0 unspecified atom stereocenters. The number of carbonyl (C=O) groups excluding carboxylic acids is 1. The average Bonchev–Trinajstić information content (AvgIpc) is 3.36. The van der Waals surface area contributed by atoms with E-state index in [0.717, 1.165) is 40.9 Å². The van der Waals surface area contributed by atoms with E-state index >= 15 is 0 Å². The van der Waals surface area contributed by atoms with Gasteiger partial charge in [-0.1, -0.05) is 17.7 Å². The van der Waals surface area contributed by atoms with Crippen molar-refractivity contribution < 1.29 is 9.21 Å². The fourth-order valence-corrected chi connectivity index (χ4v) is 3.91. The van der Waals surface area contributed by atoms with Gasteiger partial charge >= 0.3 is 0 Å². The molecule has 1 aliphatic rings. The molecule has 0 radical (unpaired) electrons. The van der Waals surface area contributed by atoms with Gasteiger partial charge in [0.25, 0.3) is 5.91 Å². The summed E-state index contributed by atoms with van der Waals surface area (Å²) in [7, 11) is 0. The number of aromatic nitrogens is 3. The molecule has 0 bridgehead atoms. The van der Waals surface area contributed by atoms with Crippen LogP contribution in [0.4, 0.5) is 0 Å². The van der Waals surface area contributed by atoms with Crippen molar-refractivity contribution in [2.75, 3.05) is 0 Å². The number of hydrogen-bond acceptors (Lipinski definition) is 4. The Hall–Kier alpha value is -3.12. The molecule has 3 aromatic heterocycles. The molecule has 0 aliphatic heterocycles. The number of nitrogens with zero attached hydrogens (tertiary/aromatic N) is 3. The topological polar surface area (TPSA) is 73.0 Å². The Kier molecular flexibility index (Phi) is 4.59. The Morgan fingerprint density at radius 1 is 1.27 bits per heavy atom. The highest BCUT2D eigenvalue weighted by molar-refractivity contribution is 6.31. The molecular weight excluding hydrogens is 400 g/mol. The standard InChI is InChI=1S/C23H21ClN4O2/c1-13-18(24)6-3-7-20(13)28-22-21(14(2)27-28)17(11-19(26-22)15-8-9-15)23(29)25-12-16-5-4-10-30-16/h3-7,10-11,15H,8-9,12H2,1-2H3,(H,25,29). The first kappa shape index (κ1) is 18.9. The number of aryl methyl sites for hydroxylation is 1. The Morgan fingerprint density at radius 2 is 2.10 bits per heavy atom. The zero-order valence-corrected chi connectivity index (χ0v) is 17.5. The number of nitrogens with one attached hydrogen (secondary N) is 1. The van der Waals surface area contributed by atoms with E-state index in [1.54, 1.807) is 17.0 Å². The Balaban J connectivity index is 1.64. The van der Waals surface area contributed by atoms with Crippen LogP contribution in [0.5, 0.6) is 0 Å². The van der Waals surface area contributed by atoms with Gasteiger partial charge in [-0.3, -0.25) is 4.79 Å². The molecule has 1 fully saturated rings. The van der Waals surface area contributed by atoms with Gasteiger partial charge in [0.05, 0.1) is 35.1 Å². The van der Waals surface area contributed by atoms with Crippen LogP contribution in [-0.4, -0.2) is 20.7 Å². The first-order valence-electron chi connectivity index (χ1n) is 9.99. The van der Waals surface area contributed by atoms with Crippen molar-refractivity contribution in [1.82, 2.24) is 20.1 Å². The number of rotatable bonds is 5. The second-order valence-corrected chi connectivity index (χ2v) is 8.12. The van der Waals surface area contributed by atoms with Gasteiger partial charge in [0, 0.05) is 16.6 Å². The second kappa shape index (κ2) is 7.29. The number of benzene rings is 1. The molecule has 1 N–H and O–H groups in total. The summed E-state index contributed by atoms with van der Waals surface area (Å²) in [5.41, 5.74) is 4.75. The maximum atomic E-state index is 13.1. The largest absolute Gasteiger partial charge is 0.467 e. The Morgan fingerprint density at radius 3 is 2.83 bits per heavy atom. The van der Waals surface area contributed by atoms with Crippen LogP contribution in [0.15, 0.2) is 47.1 Å². The third-order valence-electron chi connectivity index (χ3n) is 5.54. The third-order valence-corrected chi connectivity index (χ3v) is 5.95. The molecule has 1 aliphatic carbocycles. The predicted octanol–water partition coefficient (Wildman–Crippen LogP) is 5.09. The third kappa shape index (κ3) is 3.27. The summed E-state index contributed by atoms with van der Waals surface area (Å²) in [6.45, 7) is 4.19. The van der Waals surface area contributed by atoms with Gasteiger partial charge in [0.1, 0.15) is 5.76 Å². The van der Waals surface area contributed by atoms with Gasteiger partial charge in [0.15, 0.2) is 5.65 Å². The smallest absolute Gasteiger partial charge is 0.252 e. The highest BCUT2D eigenvalue weighted by Gasteiger charge is 2.29. The molecule has 4 aromatic rings. The molecule has 1 amide bonds. The van der Waals surface area contributed by atoms with Crippen LogP contribution in [0.3, 0.4) is 0 Å². The molecule has 0 atom stereocenters. The molecule has 152 valence electrons. The molecule has 30 heavy (non-hydrogen) atoms. The first-order chi connectivity index (χ1) is 14.5. The Labute approximate surface area is 178 Å². The number of fused-ring (bicyclic) bond motifs is 1. The van der Waals surface area contributed by atoms with Crippen LogP contribution in [0, 0.1) is 13.8 Å². The lowest BCUT2D eigenvalue weighted by atomic mass is 10.1. The lowest BCUT2D eigenvalue weighted by Crippen LogP contribution is -2.23. The lowest BCUT2D eigenvalue weighted by molar-refractivity contribution is 0.0949. The summed E-state index contributed by atoms with van der Waals surface area (Å²) in [5.74, 6) is 0.944. The van der Waals surface area contributed by atoms with Crippen molar-refractivity contribution in [3.63, 3.8) is 0 Å². The molecule has 5 rings (SSSR count). The normalized spacial score (nSPS) is 13.7. The van der Waals surface area contributed by atoms with Gasteiger partial charge in [-0.15, -0.1) is 0 Å². The first-order valence-corrected chi connectivity index (χ1v) is 10.4. The molecule has 1 saturated carbocycles. The van der Waals surface area contributed by atoms with E-state index in [4.69, 9.17) is 26.1 Å². The number of amides is 1. The fraction of sp³-hybridized carbons (Fsp3) is 0.261. The molecule has 3 heterocycles. The predicted molar refractivity (Wildman–Crippen MR) is 115 cm³/mol. The summed E-state index contributed by atoms with van der Waals surface area (Å²) in [5, 5.41) is 9.12. The van der Waals surface area contributed by atoms with Crippen LogP contribution in [0.25, 0.3) is 16.7 Å². The van der Waals surface area contributed by atoms with Crippen LogP contribution in [0.1, 0.15) is 51.8 Å². The summed E-state index contributed by atoms with van der Waals surface area (Å²) >= 11 is 6.35. The monoisotopic (exact) mass is 420 g/mol. The van der Waals surface area contributed by atoms with Gasteiger partial charge in [-0.05, 0) is 62.6 Å². The van der Waals surface area contributed by atoms with E-state index in [1.807, 2.05) is 44.2 Å². The quantitative estimate of drug-likeness (QED) is 0.488. The van der Waals surface area contributed by atoms with Crippen molar-refractivity contribution in [1.29, 1.82) is 0 Å². The van der Waals surface area contributed by atoms with Crippen molar-refractivity contribution in [2.24, 2.45) is 0 Å². The highest BCUT2D eigenvalue weighted by atomic mass is 35.5. The lowest BCUT2D eigenvalue weighted by Gasteiger charge is -2.11. The van der Waals surface area contributed by atoms with E-state index in [9.17, 15) is 4.79 Å². The van der Waals surface area contributed by atoms with Crippen LogP contribution in [0.2, 0.25) is 5.02 Å². The molecule has 1 aromatic carbocycles. The van der Waals surface area contributed by atoms with Gasteiger partial charge < -0.3 is 9.73 Å². The van der Waals surface area contributed by atoms with Crippen LogP contribution >= 0.6 is 11.6 Å². The average molecular weight is 421 g/mol. The second-order valence-electron chi connectivity index (χ2n) is 7.71. The van der Waals surface area contributed by atoms with E-state index in [1.165, 1.54) is 0 Å². The van der Waals surface area contributed by atoms with Crippen molar-refractivity contribution in [3.05, 3.63) is 76.0 Å². The minimum absolute atomic E-state index is 0.161. The van der Waals surface area contributed by atoms with Crippen molar-refractivity contribution in [3.8, 4) is 5.69 Å². The van der Waals surface area contributed by atoms with E-state index in [0.29, 0.717) is 34.5 Å². The molecular formula is C23H21ClN4O2. The molecule has 7 heteroatoms. The minimum Gasteiger partial charge on any atom is -0.467 e. The summed E-state index contributed by atoms with van der Waals surface area (Å²) in [6, 6.07) is 11.3. The fourth-order valence-electron chi connectivity index (χ4n) is 3.74. The minimum atomic E-state index is -0.161. The maximum Gasteiger partial charge on any atom is 0.252 e. The van der Waals surface area contributed by atoms with Crippen molar-refractivity contribution >= 4 is 28.5 Å². The molecule has 6 nitrogen and oxygen atoms in total. The molecule has 0 spiro atoms. The number of furan rings is 1. The van der Waals surface area contributed by atoms with Crippen LogP contribution in [-0.2, 0) is 6.54 Å². The van der Waals surface area contributed by atoms with E-state index < -0.39 is 0 Å². The van der Waals surface area contributed by atoms with Crippen molar-refractivity contribution in [2.45, 2.75) is 39.2 Å². The summed E-state index contributed by atoms with van der Waals surface area (Å²) in [4.78, 5) is 18.0. The van der Waals surface area contributed by atoms with Gasteiger partial charge in [-0.2, -0.15) is 5.10 Å². The zero-order chi connectivity index (χ0) is 20.8.